The van der Waals surface area contributed by atoms with Crippen LogP contribution in [-0.2, 0) is 0 Å². The average Bonchev–Trinajstić information content (AvgIpc) is 2.67. The first-order valence-corrected chi connectivity index (χ1v) is 6.40. The molecule has 0 aromatic carbocycles. The van der Waals surface area contributed by atoms with Crippen LogP contribution >= 0.6 is 0 Å². The van der Waals surface area contributed by atoms with E-state index in [9.17, 15) is 0 Å². The molecule has 0 amide bonds. The molecule has 0 aromatic heterocycles. The first-order chi connectivity index (χ1) is 6.74. The second kappa shape index (κ2) is 6.27. The molecule has 1 atom stereocenters. The van der Waals surface area contributed by atoms with Gasteiger partial charge in [-0.05, 0) is 31.1 Å². The highest BCUT2D eigenvalue weighted by Crippen LogP contribution is 2.34. The van der Waals surface area contributed by atoms with E-state index in [1.54, 1.807) is 0 Å². The van der Waals surface area contributed by atoms with E-state index in [1.165, 1.54) is 56.9 Å². The lowest BCUT2D eigenvalue weighted by Crippen LogP contribution is -2.08. The van der Waals surface area contributed by atoms with Crippen molar-refractivity contribution >= 4 is 0 Å². The topological polar surface area (TPSA) is 0 Å². The van der Waals surface area contributed by atoms with Crippen LogP contribution in [0.5, 0.6) is 0 Å². The fourth-order valence-corrected chi connectivity index (χ4v) is 2.68. The predicted molar refractivity (Wildman–Crippen MR) is 64.4 cm³/mol. The van der Waals surface area contributed by atoms with Crippen LogP contribution in [0.25, 0.3) is 0 Å². The summed E-state index contributed by atoms with van der Waals surface area (Å²) in [5, 5.41) is 0. The van der Waals surface area contributed by atoms with Gasteiger partial charge in [0.1, 0.15) is 0 Å². The predicted octanol–water partition coefficient (Wildman–Crippen LogP) is 4.95. The lowest BCUT2D eigenvalue weighted by molar-refractivity contribution is 0.361. The van der Waals surface area contributed by atoms with Crippen LogP contribution in [0.4, 0.5) is 0 Å². The molecule has 82 valence electrons. The zero-order valence-corrected chi connectivity index (χ0v) is 10.0. The molecule has 0 saturated heterocycles. The third kappa shape index (κ3) is 3.86. The Kier molecular flexibility index (Phi) is 5.29. The maximum Gasteiger partial charge on any atom is -0.0294 e. The molecule has 0 bridgehead atoms. The van der Waals surface area contributed by atoms with Crippen molar-refractivity contribution in [2.24, 2.45) is 11.8 Å². The van der Waals surface area contributed by atoms with Crippen LogP contribution in [0.15, 0.2) is 12.2 Å². The van der Waals surface area contributed by atoms with Crippen molar-refractivity contribution in [2.45, 2.75) is 65.2 Å². The molecule has 0 nitrogen and oxygen atoms in total. The molecule has 1 aliphatic carbocycles. The summed E-state index contributed by atoms with van der Waals surface area (Å²) in [5.74, 6) is 1.90. The van der Waals surface area contributed by atoms with Gasteiger partial charge in [-0.25, -0.2) is 0 Å². The number of unbranched alkanes of at least 4 members (excludes halogenated alkanes) is 1. The zero-order valence-electron chi connectivity index (χ0n) is 10.0. The number of hydrogen-bond acceptors (Lipinski definition) is 0. The number of hydrogen-bond donors (Lipinski definition) is 0. The minimum absolute atomic E-state index is 0.891. The van der Waals surface area contributed by atoms with Crippen molar-refractivity contribution in [3.8, 4) is 0 Å². The van der Waals surface area contributed by atoms with Crippen LogP contribution in [0, 0.1) is 11.8 Å². The smallest absolute Gasteiger partial charge is 0.0294 e. The van der Waals surface area contributed by atoms with Gasteiger partial charge in [0.05, 0.1) is 0 Å². The van der Waals surface area contributed by atoms with E-state index in [-0.39, 0.29) is 0 Å². The first kappa shape index (κ1) is 11.8. The molecule has 0 heterocycles. The standard InChI is InChI=1S/C14H26/c1-4-5-8-12(2)11-13(3)14-9-6-7-10-14/h13-14H,2,4-11H2,1,3H3. The highest BCUT2D eigenvalue weighted by Gasteiger charge is 2.21. The molecule has 1 aliphatic rings. The van der Waals surface area contributed by atoms with E-state index in [0.717, 1.165) is 11.8 Å². The van der Waals surface area contributed by atoms with Crippen LogP contribution in [-0.4, -0.2) is 0 Å². The summed E-state index contributed by atoms with van der Waals surface area (Å²) in [6, 6.07) is 0. The Hall–Kier alpha value is -0.260. The van der Waals surface area contributed by atoms with Crippen LogP contribution in [0.1, 0.15) is 65.2 Å². The summed E-state index contributed by atoms with van der Waals surface area (Å²) < 4.78 is 0. The third-order valence-electron chi connectivity index (χ3n) is 3.70. The Bertz CT molecular complexity index is 163. The summed E-state index contributed by atoms with van der Waals surface area (Å²) >= 11 is 0. The van der Waals surface area contributed by atoms with E-state index < -0.39 is 0 Å². The Morgan fingerprint density at radius 3 is 2.57 bits per heavy atom. The lowest BCUT2D eigenvalue weighted by atomic mass is 9.86. The average molecular weight is 194 g/mol. The lowest BCUT2D eigenvalue weighted by Gasteiger charge is -2.19. The number of allylic oxidation sites excluding steroid dienone is 1. The van der Waals surface area contributed by atoms with Gasteiger partial charge in [-0.15, -0.1) is 0 Å². The highest BCUT2D eigenvalue weighted by atomic mass is 14.3. The summed E-state index contributed by atoms with van der Waals surface area (Å²) in [6.45, 7) is 8.88. The van der Waals surface area contributed by atoms with Gasteiger partial charge in [-0.2, -0.15) is 0 Å². The third-order valence-corrected chi connectivity index (χ3v) is 3.70. The summed E-state index contributed by atoms with van der Waals surface area (Å²) in [4.78, 5) is 0. The van der Waals surface area contributed by atoms with Gasteiger partial charge in [0.25, 0.3) is 0 Å². The second-order valence-electron chi connectivity index (χ2n) is 5.08. The zero-order chi connectivity index (χ0) is 10.4. The Labute approximate surface area is 89.8 Å². The van der Waals surface area contributed by atoms with Crippen LogP contribution in [0.2, 0.25) is 0 Å². The van der Waals surface area contributed by atoms with Gasteiger partial charge < -0.3 is 0 Å². The first-order valence-electron chi connectivity index (χ1n) is 6.40. The van der Waals surface area contributed by atoms with E-state index in [4.69, 9.17) is 0 Å². The molecule has 0 N–H and O–H groups in total. The van der Waals surface area contributed by atoms with Gasteiger partial charge in [0.2, 0.25) is 0 Å². The summed E-state index contributed by atoms with van der Waals surface area (Å²) in [5.41, 5.74) is 1.49. The molecule has 0 aliphatic heterocycles. The van der Waals surface area contributed by atoms with Crippen molar-refractivity contribution in [3.63, 3.8) is 0 Å². The van der Waals surface area contributed by atoms with Gasteiger partial charge in [-0.3, -0.25) is 0 Å². The summed E-state index contributed by atoms with van der Waals surface area (Å²) in [7, 11) is 0. The molecule has 1 unspecified atom stereocenters. The maximum atomic E-state index is 4.20. The van der Waals surface area contributed by atoms with Gasteiger partial charge in [-0.1, -0.05) is 58.1 Å². The van der Waals surface area contributed by atoms with Crippen molar-refractivity contribution in [1.29, 1.82) is 0 Å². The Morgan fingerprint density at radius 2 is 2.00 bits per heavy atom. The Morgan fingerprint density at radius 1 is 1.36 bits per heavy atom. The number of rotatable bonds is 6. The SMILES string of the molecule is C=C(CCCC)CC(C)C1CCCC1. The van der Waals surface area contributed by atoms with Crippen LogP contribution in [0.3, 0.4) is 0 Å². The highest BCUT2D eigenvalue weighted by molar-refractivity contribution is 4.96. The normalized spacial score (nSPS) is 19.9. The van der Waals surface area contributed by atoms with E-state index >= 15 is 0 Å². The monoisotopic (exact) mass is 194 g/mol. The second-order valence-corrected chi connectivity index (χ2v) is 5.08. The van der Waals surface area contributed by atoms with Gasteiger partial charge >= 0.3 is 0 Å². The van der Waals surface area contributed by atoms with Crippen LogP contribution < -0.4 is 0 Å². The van der Waals surface area contributed by atoms with Crippen molar-refractivity contribution in [2.75, 3.05) is 0 Å². The maximum absolute atomic E-state index is 4.20. The molecule has 0 radical (unpaired) electrons. The summed E-state index contributed by atoms with van der Waals surface area (Å²) in [6.07, 6.45) is 11.1. The molecule has 0 aromatic rings. The minimum Gasteiger partial charge on any atom is -0.0999 e. The molecular weight excluding hydrogens is 168 g/mol. The van der Waals surface area contributed by atoms with Gasteiger partial charge in [0.15, 0.2) is 0 Å². The molecular formula is C14H26. The van der Waals surface area contributed by atoms with Crippen molar-refractivity contribution in [1.82, 2.24) is 0 Å². The largest absolute Gasteiger partial charge is 0.0999 e. The molecule has 1 saturated carbocycles. The fraction of sp³-hybridized carbons (Fsp3) is 0.857. The Balaban J connectivity index is 2.18. The van der Waals surface area contributed by atoms with Gasteiger partial charge in [0, 0.05) is 0 Å². The quantitative estimate of drug-likeness (QED) is 0.525. The molecule has 1 fully saturated rings. The van der Waals surface area contributed by atoms with E-state index in [0.29, 0.717) is 0 Å². The van der Waals surface area contributed by atoms with E-state index in [2.05, 4.69) is 20.4 Å². The fourth-order valence-electron chi connectivity index (χ4n) is 2.68. The molecule has 0 heteroatoms. The van der Waals surface area contributed by atoms with Crippen molar-refractivity contribution in [3.05, 3.63) is 12.2 Å². The minimum atomic E-state index is 0.891. The molecule has 1 rings (SSSR count). The van der Waals surface area contributed by atoms with Crippen molar-refractivity contribution < 1.29 is 0 Å². The van der Waals surface area contributed by atoms with E-state index in [1.807, 2.05) is 0 Å². The molecule has 0 spiro atoms. The molecule has 14 heavy (non-hydrogen) atoms.